The summed E-state index contributed by atoms with van der Waals surface area (Å²) in [6.45, 7) is 1.33. The van der Waals surface area contributed by atoms with E-state index in [4.69, 9.17) is 23.2 Å². The normalized spacial score (nSPS) is 30.1. The number of hydrogen-bond donors (Lipinski definition) is 3. The van der Waals surface area contributed by atoms with Crippen LogP contribution in [0, 0.1) is 11.8 Å². The third kappa shape index (κ3) is 4.81. The molecule has 0 radical (unpaired) electrons. The molecule has 1 heterocycles. The topological polar surface area (TPSA) is 105 Å². The number of benzene rings is 1. The van der Waals surface area contributed by atoms with Crippen molar-refractivity contribution in [1.82, 2.24) is 5.32 Å². The van der Waals surface area contributed by atoms with Crippen LogP contribution in [0.25, 0.3) is 0 Å². The molecule has 192 valence electrons. The second kappa shape index (κ2) is 9.69. The molecular formula is C19H19Cl2F6NO6. The van der Waals surface area contributed by atoms with Gasteiger partial charge in [-0.1, -0.05) is 29.3 Å². The largest absolute Gasteiger partial charge is 0.466 e. The predicted octanol–water partition coefficient (Wildman–Crippen LogP) is 3.54. The summed E-state index contributed by atoms with van der Waals surface area (Å²) in [7, 11) is 0. The van der Waals surface area contributed by atoms with Crippen LogP contribution < -0.4 is 5.32 Å². The van der Waals surface area contributed by atoms with Crippen LogP contribution in [0.5, 0.6) is 0 Å². The monoisotopic (exact) mass is 541 g/mol. The lowest BCUT2D eigenvalue weighted by molar-refractivity contribution is -0.376. The standard InChI is InChI=1S/C19H19Cl2F6NO6/c1-3-33-14(29)12-11(9-6-5-8(20)7-10(9)21)13(15(30)34-4-2)17(32,19(25,26)27)28-16(12,31)18(22,23)24/h5-7,11-13,28,31-32H,3-4H2,1-2H3/t11?,12-,13+,16-,17-/m0/s1. The Morgan fingerprint density at radius 2 is 1.35 bits per heavy atom. The minimum atomic E-state index is -5.99. The Bertz CT molecular complexity index is 897. The van der Waals surface area contributed by atoms with Gasteiger partial charge in [0, 0.05) is 16.0 Å². The van der Waals surface area contributed by atoms with E-state index in [-0.39, 0.29) is 5.02 Å². The number of carbonyl (C=O) groups is 2. The van der Waals surface area contributed by atoms with Crippen LogP contribution in [-0.4, -0.2) is 59.2 Å². The second-order valence-electron chi connectivity index (χ2n) is 7.30. The molecule has 5 atom stereocenters. The number of nitrogens with one attached hydrogen (secondary N) is 1. The summed E-state index contributed by atoms with van der Waals surface area (Å²) in [6, 6.07) is 2.82. The van der Waals surface area contributed by atoms with Crippen molar-refractivity contribution in [2.75, 3.05) is 13.2 Å². The Morgan fingerprint density at radius 1 is 0.941 bits per heavy atom. The van der Waals surface area contributed by atoms with Gasteiger partial charge >= 0.3 is 24.3 Å². The Hall–Kier alpha value is -1.80. The first-order valence-electron chi connectivity index (χ1n) is 9.62. The molecule has 1 saturated heterocycles. The van der Waals surface area contributed by atoms with Gasteiger partial charge in [-0.2, -0.15) is 26.3 Å². The molecular weight excluding hydrogens is 523 g/mol. The van der Waals surface area contributed by atoms with Crippen LogP contribution >= 0.6 is 23.2 Å². The summed E-state index contributed by atoms with van der Waals surface area (Å²) < 4.78 is 93.6. The minimum Gasteiger partial charge on any atom is -0.466 e. The molecule has 0 amide bonds. The Balaban J connectivity index is 3.02. The summed E-state index contributed by atoms with van der Waals surface area (Å²) in [5.74, 6) is -12.1. The van der Waals surface area contributed by atoms with E-state index in [1.807, 2.05) is 0 Å². The Labute approximate surface area is 198 Å². The van der Waals surface area contributed by atoms with E-state index in [1.54, 1.807) is 0 Å². The number of aliphatic hydroxyl groups is 2. The maximum absolute atomic E-state index is 14.1. The van der Waals surface area contributed by atoms with Gasteiger partial charge in [-0.25, -0.2) is 5.32 Å². The molecule has 1 aromatic carbocycles. The van der Waals surface area contributed by atoms with Gasteiger partial charge in [0.15, 0.2) is 0 Å². The fourth-order valence-electron chi connectivity index (χ4n) is 3.88. The molecule has 1 aromatic rings. The van der Waals surface area contributed by atoms with Crippen LogP contribution in [0.1, 0.15) is 25.3 Å². The summed E-state index contributed by atoms with van der Waals surface area (Å²) in [5, 5.41) is 21.2. The number of rotatable bonds is 5. The summed E-state index contributed by atoms with van der Waals surface area (Å²) >= 11 is 11.8. The van der Waals surface area contributed by atoms with E-state index >= 15 is 0 Å². The first-order chi connectivity index (χ1) is 15.5. The fourth-order valence-corrected chi connectivity index (χ4v) is 4.42. The van der Waals surface area contributed by atoms with Crippen molar-refractivity contribution in [2.24, 2.45) is 11.8 Å². The van der Waals surface area contributed by atoms with E-state index in [0.29, 0.717) is 5.32 Å². The zero-order valence-electron chi connectivity index (χ0n) is 17.4. The average molecular weight is 542 g/mol. The van der Waals surface area contributed by atoms with Crippen molar-refractivity contribution in [3.63, 3.8) is 0 Å². The number of piperidine rings is 1. The second-order valence-corrected chi connectivity index (χ2v) is 8.15. The first kappa shape index (κ1) is 28.4. The number of ether oxygens (including phenoxy) is 2. The molecule has 3 N–H and O–H groups in total. The quantitative estimate of drug-likeness (QED) is 0.387. The highest BCUT2D eigenvalue weighted by Crippen LogP contribution is 2.56. The van der Waals surface area contributed by atoms with Gasteiger partial charge in [-0.3, -0.25) is 9.59 Å². The number of esters is 2. The van der Waals surface area contributed by atoms with Crippen molar-refractivity contribution >= 4 is 35.1 Å². The molecule has 7 nitrogen and oxygen atoms in total. The van der Waals surface area contributed by atoms with Crippen LogP contribution in [0.15, 0.2) is 18.2 Å². The van der Waals surface area contributed by atoms with Crippen molar-refractivity contribution in [3.8, 4) is 0 Å². The molecule has 1 aliphatic heterocycles. The van der Waals surface area contributed by atoms with Gasteiger partial charge in [0.2, 0.25) is 11.4 Å². The molecule has 34 heavy (non-hydrogen) atoms. The number of halogens is 8. The molecule has 0 bridgehead atoms. The number of hydrogen-bond acceptors (Lipinski definition) is 7. The lowest BCUT2D eigenvalue weighted by Gasteiger charge is -2.54. The zero-order valence-corrected chi connectivity index (χ0v) is 18.9. The Morgan fingerprint density at radius 3 is 1.68 bits per heavy atom. The number of alkyl halides is 6. The van der Waals surface area contributed by atoms with Gasteiger partial charge in [-0.05, 0) is 31.5 Å². The highest BCUT2D eigenvalue weighted by atomic mass is 35.5. The summed E-state index contributed by atoms with van der Waals surface area (Å²) in [4.78, 5) is 25.4. The fraction of sp³-hybridized carbons (Fsp3) is 0.579. The van der Waals surface area contributed by atoms with Crippen LogP contribution in [-0.2, 0) is 19.1 Å². The smallest absolute Gasteiger partial charge is 0.432 e. The van der Waals surface area contributed by atoms with E-state index in [0.717, 1.165) is 18.2 Å². The van der Waals surface area contributed by atoms with Crippen molar-refractivity contribution < 1.29 is 55.6 Å². The highest BCUT2D eigenvalue weighted by molar-refractivity contribution is 6.35. The maximum Gasteiger partial charge on any atom is 0.432 e. The van der Waals surface area contributed by atoms with Crippen molar-refractivity contribution in [3.05, 3.63) is 33.8 Å². The maximum atomic E-state index is 14.1. The number of carbonyl (C=O) groups excluding carboxylic acids is 2. The average Bonchev–Trinajstić information content (AvgIpc) is 2.66. The lowest BCUT2D eigenvalue weighted by Crippen LogP contribution is -2.81. The van der Waals surface area contributed by atoms with Gasteiger partial charge in [0.25, 0.3) is 0 Å². The third-order valence-corrected chi connectivity index (χ3v) is 5.83. The van der Waals surface area contributed by atoms with Gasteiger partial charge in [0.1, 0.15) is 11.8 Å². The molecule has 2 rings (SSSR count). The molecule has 0 spiro atoms. The van der Waals surface area contributed by atoms with E-state index in [9.17, 15) is 46.1 Å². The summed E-state index contributed by atoms with van der Waals surface area (Å²) in [6.07, 6.45) is -12.0. The van der Waals surface area contributed by atoms with E-state index in [2.05, 4.69) is 9.47 Å². The van der Waals surface area contributed by atoms with Crippen molar-refractivity contribution in [1.29, 1.82) is 0 Å². The minimum absolute atomic E-state index is 0.0831. The highest BCUT2D eigenvalue weighted by Gasteiger charge is 2.78. The molecule has 1 unspecified atom stereocenters. The first-order valence-corrected chi connectivity index (χ1v) is 10.4. The molecule has 0 saturated carbocycles. The molecule has 15 heteroatoms. The molecule has 1 aliphatic rings. The molecule has 0 aromatic heterocycles. The van der Waals surface area contributed by atoms with E-state index < -0.39 is 77.3 Å². The van der Waals surface area contributed by atoms with E-state index in [1.165, 1.54) is 13.8 Å². The van der Waals surface area contributed by atoms with Crippen LogP contribution in [0.4, 0.5) is 26.3 Å². The van der Waals surface area contributed by atoms with Gasteiger partial charge < -0.3 is 19.7 Å². The molecule has 1 fully saturated rings. The van der Waals surface area contributed by atoms with Gasteiger partial charge in [-0.15, -0.1) is 0 Å². The lowest BCUT2D eigenvalue weighted by atomic mass is 9.64. The van der Waals surface area contributed by atoms with Crippen LogP contribution in [0.3, 0.4) is 0 Å². The third-order valence-electron chi connectivity index (χ3n) is 5.27. The molecule has 0 aliphatic carbocycles. The van der Waals surface area contributed by atoms with Gasteiger partial charge in [0.05, 0.1) is 13.2 Å². The predicted molar refractivity (Wildman–Crippen MR) is 105 cm³/mol. The summed E-state index contributed by atoms with van der Waals surface area (Å²) in [5.41, 5.74) is -10.1. The van der Waals surface area contributed by atoms with Crippen molar-refractivity contribution in [2.45, 2.75) is 43.6 Å². The zero-order chi connectivity index (χ0) is 26.3. The SMILES string of the molecule is CCOC(=O)[C@@H]1C(c2ccc(Cl)cc2Cl)[C@H](C(=O)OCC)[C@](O)(C(F)(F)F)N[C@@]1(O)C(F)(F)F. The van der Waals surface area contributed by atoms with Crippen LogP contribution in [0.2, 0.25) is 10.0 Å². The Kier molecular flexibility index (Phi) is 8.10.